The van der Waals surface area contributed by atoms with Crippen molar-refractivity contribution in [2.45, 2.75) is 9.79 Å². The monoisotopic (exact) mass is 345 g/mol. The van der Waals surface area contributed by atoms with E-state index >= 15 is 0 Å². The number of nitrogens with one attached hydrogen (secondary N) is 2. The fourth-order valence-corrected chi connectivity index (χ4v) is 3.54. The first-order valence-electron chi connectivity index (χ1n) is 7.86. The van der Waals surface area contributed by atoms with Crippen molar-refractivity contribution in [2.75, 3.05) is 5.32 Å². The Morgan fingerprint density at radius 2 is 1.72 bits per heavy atom. The van der Waals surface area contributed by atoms with E-state index in [1.54, 1.807) is 24.0 Å². The molecule has 122 valence electrons. The highest BCUT2D eigenvalue weighted by Gasteiger charge is 2.13. The number of rotatable bonds is 4. The number of nitrogens with zero attached hydrogens (tertiary/aromatic N) is 1. The highest BCUT2D eigenvalue weighted by Crippen LogP contribution is 2.33. The molecule has 0 aliphatic heterocycles. The first-order valence-corrected chi connectivity index (χ1v) is 8.68. The first-order chi connectivity index (χ1) is 12.3. The van der Waals surface area contributed by atoms with Crippen LogP contribution in [0.5, 0.6) is 0 Å². The smallest absolute Gasteiger partial charge is 0.257 e. The van der Waals surface area contributed by atoms with E-state index in [2.05, 4.69) is 27.6 Å². The number of amides is 1. The van der Waals surface area contributed by atoms with Gasteiger partial charge in [-0.15, -0.1) is 0 Å². The third-order valence-electron chi connectivity index (χ3n) is 3.83. The quantitative estimate of drug-likeness (QED) is 0.549. The number of aromatic nitrogens is 2. The molecule has 5 heteroatoms. The lowest BCUT2D eigenvalue weighted by Crippen LogP contribution is -2.13. The van der Waals surface area contributed by atoms with Crippen molar-refractivity contribution in [1.82, 2.24) is 10.2 Å². The Bertz CT molecular complexity index is 1030. The molecule has 0 aliphatic rings. The van der Waals surface area contributed by atoms with Crippen molar-refractivity contribution in [1.29, 1.82) is 0 Å². The van der Waals surface area contributed by atoms with Gasteiger partial charge in [-0.25, -0.2) is 0 Å². The third kappa shape index (κ3) is 3.27. The van der Waals surface area contributed by atoms with Gasteiger partial charge in [-0.3, -0.25) is 9.89 Å². The summed E-state index contributed by atoms with van der Waals surface area (Å²) in [5, 5.41) is 10.8. The largest absolute Gasteiger partial charge is 0.321 e. The molecule has 4 nitrogen and oxygen atoms in total. The fraction of sp³-hybridized carbons (Fsp3) is 0. The predicted molar refractivity (Wildman–Crippen MR) is 101 cm³/mol. The lowest BCUT2D eigenvalue weighted by molar-refractivity contribution is 0.102. The van der Waals surface area contributed by atoms with Crippen molar-refractivity contribution >= 4 is 34.3 Å². The van der Waals surface area contributed by atoms with Gasteiger partial charge in [-0.05, 0) is 30.3 Å². The second-order valence-electron chi connectivity index (χ2n) is 5.51. The molecular weight excluding hydrogens is 330 g/mol. The van der Waals surface area contributed by atoms with Gasteiger partial charge < -0.3 is 5.32 Å². The number of carbonyl (C=O) groups is 1. The van der Waals surface area contributed by atoms with Crippen LogP contribution < -0.4 is 5.32 Å². The van der Waals surface area contributed by atoms with Gasteiger partial charge in [0.05, 0.1) is 23.0 Å². The highest BCUT2D eigenvalue weighted by atomic mass is 32.2. The number of hydrogen-bond donors (Lipinski definition) is 2. The number of fused-ring (bicyclic) bond motifs is 1. The Morgan fingerprint density at radius 1 is 0.920 bits per heavy atom. The molecule has 0 spiro atoms. The number of aromatic amines is 1. The maximum atomic E-state index is 12.8. The van der Waals surface area contributed by atoms with E-state index in [9.17, 15) is 4.79 Å². The van der Waals surface area contributed by atoms with Crippen molar-refractivity contribution in [3.8, 4) is 0 Å². The number of hydrogen-bond acceptors (Lipinski definition) is 3. The average Bonchev–Trinajstić information content (AvgIpc) is 3.13. The van der Waals surface area contributed by atoms with Crippen LogP contribution in [0.2, 0.25) is 0 Å². The molecule has 3 aromatic carbocycles. The lowest BCUT2D eigenvalue weighted by atomic mass is 10.1. The van der Waals surface area contributed by atoms with Crippen LogP contribution in [0.15, 0.2) is 88.8 Å². The van der Waals surface area contributed by atoms with Crippen molar-refractivity contribution in [3.05, 3.63) is 84.6 Å². The molecule has 0 fully saturated rings. The lowest BCUT2D eigenvalue weighted by Gasteiger charge is -2.11. The number of carbonyl (C=O) groups excluding carboxylic acids is 1. The third-order valence-corrected chi connectivity index (χ3v) is 4.91. The first kappa shape index (κ1) is 15.5. The van der Waals surface area contributed by atoms with Crippen molar-refractivity contribution in [3.63, 3.8) is 0 Å². The molecule has 0 bridgehead atoms. The molecule has 0 saturated heterocycles. The van der Waals surface area contributed by atoms with Gasteiger partial charge in [0.1, 0.15) is 0 Å². The molecule has 0 aliphatic carbocycles. The Kier molecular flexibility index (Phi) is 4.23. The highest BCUT2D eigenvalue weighted by molar-refractivity contribution is 7.99. The number of para-hydroxylation sites is 2. The number of H-pyrrole nitrogens is 1. The van der Waals surface area contributed by atoms with Gasteiger partial charge in [0.15, 0.2) is 0 Å². The zero-order valence-electron chi connectivity index (χ0n) is 13.3. The summed E-state index contributed by atoms with van der Waals surface area (Å²) in [6, 6.07) is 23.5. The van der Waals surface area contributed by atoms with Gasteiger partial charge in [0, 0.05) is 15.2 Å². The number of benzene rings is 3. The molecule has 0 atom stereocenters. The zero-order chi connectivity index (χ0) is 17.1. The molecule has 25 heavy (non-hydrogen) atoms. The summed E-state index contributed by atoms with van der Waals surface area (Å²) in [4.78, 5) is 14.9. The summed E-state index contributed by atoms with van der Waals surface area (Å²) in [5.74, 6) is -0.157. The number of anilines is 1. The standard InChI is InChI=1S/C20H15N3OS/c24-20(16-10-6-7-14-13-21-23-19(14)16)22-17-11-4-5-12-18(17)25-15-8-2-1-3-9-15/h1-13H,(H,21,23)(H,22,24). The minimum atomic E-state index is -0.157. The minimum absolute atomic E-state index is 0.157. The molecule has 1 heterocycles. The Hall–Kier alpha value is -3.05. The van der Waals surface area contributed by atoms with E-state index in [0.717, 1.165) is 26.4 Å². The van der Waals surface area contributed by atoms with Gasteiger partial charge in [0.25, 0.3) is 5.91 Å². The van der Waals surface area contributed by atoms with E-state index < -0.39 is 0 Å². The van der Waals surface area contributed by atoms with Crippen molar-refractivity contribution in [2.24, 2.45) is 0 Å². The summed E-state index contributed by atoms with van der Waals surface area (Å²) in [5.41, 5.74) is 2.11. The van der Waals surface area contributed by atoms with E-state index in [1.165, 1.54) is 0 Å². The van der Waals surface area contributed by atoms with Gasteiger partial charge in [-0.1, -0.05) is 54.2 Å². The van der Waals surface area contributed by atoms with Crippen molar-refractivity contribution < 1.29 is 4.79 Å². The molecular formula is C20H15N3OS. The van der Waals surface area contributed by atoms with Crippen LogP contribution in [0.3, 0.4) is 0 Å². The zero-order valence-corrected chi connectivity index (χ0v) is 14.1. The molecule has 4 aromatic rings. The molecule has 0 saturated carbocycles. The normalized spacial score (nSPS) is 10.7. The van der Waals surface area contributed by atoms with Crippen LogP contribution in [0.4, 0.5) is 5.69 Å². The summed E-state index contributed by atoms with van der Waals surface area (Å²) < 4.78 is 0. The summed E-state index contributed by atoms with van der Waals surface area (Å²) in [7, 11) is 0. The molecule has 4 rings (SSSR count). The van der Waals surface area contributed by atoms with Crippen LogP contribution in [0.25, 0.3) is 10.9 Å². The van der Waals surface area contributed by atoms with E-state index in [0.29, 0.717) is 5.56 Å². The Morgan fingerprint density at radius 3 is 2.60 bits per heavy atom. The van der Waals surface area contributed by atoms with Crippen LogP contribution in [0.1, 0.15) is 10.4 Å². The average molecular weight is 345 g/mol. The van der Waals surface area contributed by atoms with E-state index in [-0.39, 0.29) is 5.91 Å². The second kappa shape index (κ2) is 6.83. The van der Waals surface area contributed by atoms with Crippen LogP contribution >= 0.6 is 11.8 Å². The molecule has 0 unspecified atom stereocenters. The van der Waals surface area contributed by atoms with Crippen LogP contribution in [-0.4, -0.2) is 16.1 Å². The second-order valence-corrected chi connectivity index (χ2v) is 6.62. The SMILES string of the molecule is O=C(Nc1ccccc1Sc1ccccc1)c1cccc2cn[nH]c12. The summed E-state index contributed by atoms with van der Waals surface area (Å²) in [6.45, 7) is 0. The Balaban J connectivity index is 1.63. The molecule has 2 N–H and O–H groups in total. The molecule has 1 aromatic heterocycles. The maximum Gasteiger partial charge on any atom is 0.257 e. The van der Waals surface area contributed by atoms with Gasteiger partial charge in [0.2, 0.25) is 0 Å². The van der Waals surface area contributed by atoms with Gasteiger partial charge in [-0.2, -0.15) is 5.10 Å². The topological polar surface area (TPSA) is 57.8 Å². The Labute approximate surface area is 149 Å². The molecule has 0 radical (unpaired) electrons. The predicted octanol–water partition coefficient (Wildman–Crippen LogP) is 4.97. The molecule has 1 amide bonds. The van der Waals surface area contributed by atoms with E-state index in [4.69, 9.17) is 0 Å². The minimum Gasteiger partial charge on any atom is -0.321 e. The van der Waals surface area contributed by atoms with Gasteiger partial charge >= 0.3 is 0 Å². The van der Waals surface area contributed by atoms with Crippen LogP contribution in [-0.2, 0) is 0 Å². The summed E-state index contributed by atoms with van der Waals surface area (Å²) in [6.07, 6.45) is 1.71. The maximum absolute atomic E-state index is 12.8. The summed E-state index contributed by atoms with van der Waals surface area (Å²) >= 11 is 1.62. The van der Waals surface area contributed by atoms with E-state index in [1.807, 2.05) is 54.6 Å². The van der Waals surface area contributed by atoms with Crippen LogP contribution in [0, 0.1) is 0 Å². The fourth-order valence-electron chi connectivity index (χ4n) is 2.62.